The predicted octanol–water partition coefficient (Wildman–Crippen LogP) is 4.83. The molecule has 1 aliphatic rings. The topological polar surface area (TPSA) is 42.4 Å². The molecule has 0 unspecified atom stereocenters. The van der Waals surface area contributed by atoms with Crippen LogP contribution >= 0.6 is 11.3 Å². The van der Waals surface area contributed by atoms with E-state index in [2.05, 4.69) is 4.98 Å². The lowest BCUT2D eigenvalue weighted by atomic mass is 9.94. The molecule has 0 bridgehead atoms. The van der Waals surface area contributed by atoms with Gasteiger partial charge in [-0.1, -0.05) is 37.5 Å². The van der Waals surface area contributed by atoms with Crippen LogP contribution in [0.15, 0.2) is 35.7 Å². The number of nitrogens with zero attached hydrogens (tertiary/aromatic N) is 2. The number of benzene rings is 1. The number of ether oxygens (including phenoxy) is 1. The molecule has 1 aliphatic carbocycles. The number of thiazole rings is 1. The lowest BCUT2D eigenvalue weighted by Crippen LogP contribution is -2.37. The number of rotatable bonds is 6. The van der Waals surface area contributed by atoms with Crippen molar-refractivity contribution in [1.82, 2.24) is 9.88 Å². The lowest BCUT2D eigenvalue weighted by Gasteiger charge is -2.30. The Morgan fingerprint density at radius 1 is 1.31 bits per heavy atom. The molecule has 1 aromatic carbocycles. The molecule has 0 N–H and O–H groups in total. The summed E-state index contributed by atoms with van der Waals surface area (Å²) < 4.78 is 5.91. The van der Waals surface area contributed by atoms with Gasteiger partial charge >= 0.3 is 0 Å². The van der Waals surface area contributed by atoms with Gasteiger partial charge in [-0.2, -0.15) is 0 Å². The smallest absolute Gasteiger partial charge is 0.246 e. The third-order valence-corrected chi connectivity index (χ3v) is 5.66. The Kier molecular flexibility index (Phi) is 6.45. The van der Waals surface area contributed by atoms with Crippen molar-refractivity contribution in [3.05, 3.63) is 52.0 Å². The summed E-state index contributed by atoms with van der Waals surface area (Å²) in [5, 5.41) is 3.05. The molecule has 3 rings (SSSR count). The van der Waals surface area contributed by atoms with Gasteiger partial charge in [0.05, 0.1) is 10.7 Å². The van der Waals surface area contributed by atoms with Crippen LogP contribution in [0.5, 0.6) is 5.75 Å². The van der Waals surface area contributed by atoms with E-state index in [1.165, 1.54) is 19.3 Å². The molecule has 5 heteroatoms. The highest BCUT2D eigenvalue weighted by molar-refractivity contribution is 7.09. The Bertz CT molecular complexity index is 763. The molecular weight excluding hydrogens is 344 g/mol. The highest BCUT2D eigenvalue weighted by Crippen LogP contribution is 2.23. The minimum absolute atomic E-state index is 0.0572. The number of aromatic nitrogens is 1. The Hall–Kier alpha value is -2.14. The highest BCUT2D eigenvalue weighted by Gasteiger charge is 2.20. The van der Waals surface area contributed by atoms with Crippen molar-refractivity contribution in [2.75, 3.05) is 7.05 Å². The van der Waals surface area contributed by atoms with E-state index < -0.39 is 0 Å². The molecule has 0 aliphatic heterocycles. The number of aryl methyl sites for hydroxylation is 1. The SMILES string of the molecule is Cc1nc(COc2ccccc2/C=C/C(=O)N(C)C2CCCCC2)cs1. The number of para-hydroxylation sites is 1. The van der Waals surface area contributed by atoms with Gasteiger partial charge in [0.25, 0.3) is 0 Å². The summed E-state index contributed by atoms with van der Waals surface area (Å²) in [6, 6.07) is 8.16. The molecular formula is C21H26N2O2S. The third-order valence-electron chi connectivity index (χ3n) is 4.84. The van der Waals surface area contributed by atoms with Gasteiger partial charge in [0.2, 0.25) is 5.91 Å². The molecule has 1 amide bonds. The van der Waals surface area contributed by atoms with Crippen LogP contribution in [0, 0.1) is 6.92 Å². The second-order valence-corrected chi connectivity index (χ2v) is 7.82. The molecule has 26 heavy (non-hydrogen) atoms. The summed E-state index contributed by atoms with van der Waals surface area (Å²) in [6.07, 6.45) is 9.47. The minimum Gasteiger partial charge on any atom is -0.487 e. The molecule has 4 nitrogen and oxygen atoms in total. The maximum Gasteiger partial charge on any atom is 0.246 e. The fourth-order valence-electron chi connectivity index (χ4n) is 3.30. The van der Waals surface area contributed by atoms with E-state index in [1.807, 2.05) is 54.6 Å². The zero-order chi connectivity index (χ0) is 18.4. The van der Waals surface area contributed by atoms with E-state index in [-0.39, 0.29) is 5.91 Å². The van der Waals surface area contributed by atoms with Crippen LogP contribution in [-0.4, -0.2) is 28.9 Å². The molecule has 0 spiro atoms. The fourth-order valence-corrected chi connectivity index (χ4v) is 3.90. The van der Waals surface area contributed by atoms with Gasteiger partial charge in [-0.15, -0.1) is 11.3 Å². The Balaban J connectivity index is 1.63. The van der Waals surface area contributed by atoms with Crippen molar-refractivity contribution in [3.8, 4) is 5.75 Å². The maximum atomic E-state index is 12.5. The van der Waals surface area contributed by atoms with Gasteiger partial charge in [-0.3, -0.25) is 4.79 Å². The van der Waals surface area contributed by atoms with Gasteiger partial charge in [0.1, 0.15) is 12.4 Å². The number of carbonyl (C=O) groups is 1. The second-order valence-electron chi connectivity index (χ2n) is 6.76. The molecule has 0 atom stereocenters. The molecule has 0 radical (unpaired) electrons. The Morgan fingerprint density at radius 2 is 2.08 bits per heavy atom. The van der Waals surface area contributed by atoms with Crippen molar-refractivity contribution < 1.29 is 9.53 Å². The summed E-state index contributed by atoms with van der Waals surface area (Å²) in [4.78, 5) is 18.8. The first-order valence-electron chi connectivity index (χ1n) is 9.21. The first kappa shape index (κ1) is 18.6. The van der Waals surface area contributed by atoms with Crippen LogP contribution in [0.3, 0.4) is 0 Å². The molecule has 1 heterocycles. The van der Waals surface area contributed by atoms with Crippen molar-refractivity contribution in [3.63, 3.8) is 0 Å². The highest BCUT2D eigenvalue weighted by atomic mass is 32.1. The van der Waals surface area contributed by atoms with Crippen LogP contribution in [0.1, 0.15) is 48.4 Å². The quantitative estimate of drug-likeness (QED) is 0.684. The van der Waals surface area contributed by atoms with Crippen LogP contribution < -0.4 is 4.74 Å². The van der Waals surface area contributed by atoms with E-state index >= 15 is 0 Å². The van der Waals surface area contributed by atoms with Gasteiger partial charge < -0.3 is 9.64 Å². The fraction of sp³-hybridized carbons (Fsp3) is 0.429. The average Bonchev–Trinajstić information content (AvgIpc) is 3.10. The van der Waals surface area contributed by atoms with Gasteiger partial charge in [0.15, 0.2) is 0 Å². The monoisotopic (exact) mass is 370 g/mol. The molecule has 2 aromatic rings. The Morgan fingerprint density at radius 3 is 2.81 bits per heavy atom. The zero-order valence-corrected chi connectivity index (χ0v) is 16.3. The Labute approximate surface area is 159 Å². The molecule has 1 fully saturated rings. The van der Waals surface area contributed by atoms with E-state index in [0.29, 0.717) is 12.6 Å². The number of hydrogen-bond acceptors (Lipinski definition) is 4. The third kappa shape index (κ3) is 4.94. The number of amides is 1. The first-order chi connectivity index (χ1) is 12.6. The zero-order valence-electron chi connectivity index (χ0n) is 15.5. The molecule has 1 aromatic heterocycles. The van der Waals surface area contributed by atoms with E-state index in [0.717, 1.165) is 34.9 Å². The average molecular weight is 371 g/mol. The number of carbonyl (C=O) groups excluding carboxylic acids is 1. The maximum absolute atomic E-state index is 12.5. The summed E-state index contributed by atoms with van der Waals surface area (Å²) >= 11 is 1.62. The van der Waals surface area contributed by atoms with Crippen molar-refractivity contribution in [1.29, 1.82) is 0 Å². The van der Waals surface area contributed by atoms with E-state index in [1.54, 1.807) is 17.4 Å². The number of likely N-dealkylation sites (N-methyl/N-ethyl adjacent to an activating group) is 1. The van der Waals surface area contributed by atoms with Crippen molar-refractivity contribution in [2.24, 2.45) is 0 Å². The summed E-state index contributed by atoms with van der Waals surface area (Å²) in [6.45, 7) is 2.42. The van der Waals surface area contributed by atoms with Crippen LogP contribution in [0.2, 0.25) is 0 Å². The minimum atomic E-state index is 0.0572. The molecule has 138 valence electrons. The van der Waals surface area contributed by atoms with Gasteiger partial charge in [-0.05, 0) is 31.9 Å². The second kappa shape index (κ2) is 8.99. The van der Waals surface area contributed by atoms with Crippen molar-refractivity contribution in [2.45, 2.75) is 51.7 Å². The molecule has 1 saturated carbocycles. The van der Waals surface area contributed by atoms with Crippen LogP contribution in [0.4, 0.5) is 0 Å². The van der Waals surface area contributed by atoms with E-state index in [4.69, 9.17) is 4.74 Å². The van der Waals surface area contributed by atoms with E-state index in [9.17, 15) is 4.79 Å². The summed E-state index contributed by atoms with van der Waals surface area (Å²) in [7, 11) is 1.91. The molecule has 0 saturated heterocycles. The predicted molar refractivity (Wildman–Crippen MR) is 106 cm³/mol. The van der Waals surface area contributed by atoms with Crippen LogP contribution in [-0.2, 0) is 11.4 Å². The van der Waals surface area contributed by atoms with Gasteiger partial charge in [-0.25, -0.2) is 4.98 Å². The summed E-state index contributed by atoms with van der Waals surface area (Å²) in [5.74, 6) is 0.823. The van der Waals surface area contributed by atoms with Gasteiger partial charge in [0, 0.05) is 30.1 Å². The summed E-state index contributed by atoms with van der Waals surface area (Å²) in [5.41, 5.74) is 1.84. The number of hydrogen-bond donors (Lipinski definition) is 0. The normalized spacial score (nSPS) is 15.3. The lowest BCUT2D eigenvalue weighted by molar-refractivity contribution is -0.127. The van der Waals surface area contributed by atoms with Crippen molar-refractivity contribution >= 4 is 23.3 Å². The largest absolute Gasteiger partial charge is 0.487 e. The first-order valence-corrected chi connectivity index (χ1v) is 10.1. The standard InChI is InChI=1S/C21H26N2O2S/c1-16-22-18(15-26-16)14-25-20-11-7-6-8-17(20)12-13-21(24)23(2)19-9-4-3-5-10-19/h6-8,11-13,15,19H,3-5,9-10,14H2,1-2H3/b13-12+. The van der Waals surface area contributed by atoms with Crippen LogP contribution in [0.25, 0.3) is 6.08 Å².